The van der Waals surface area contributed by atoms with E-state index in [9.17, 15) is 9.59 Å². The summed E-state index contributed by atoms with van der Waals surface area (Å²) in [5, 5.41) is 0. The summed E-state index contributed by atoms with van der Waals surface area (Å²) in [7, 11) is 0. The Balaban J connectivity index is 2.89. The molecule has 3 heteroatoms. The highest BCUT2D eigenvalue weighted by atomic mass is 32.1. The molecular weight excluding hydrogens is 172 g/mol. The number of hydrogen-bond acceptors (Lipinski definition) is 3. The van der Waals surface area contributed by atoms with Crippen molar-refractivity contribution in [1.29, 1.82) is 0 Å². The summed E-state index contributed by atoms with van der Waals surface area (Å²) in [5.74, 6) is 0.108. The van der Waals surface area contributed by atoms with Gasteiger partial charge in [0.05, 0.1) is 9.75 Å². The van der Waals surface area contributed by atoms with Crippen LogP contribution in [0.5, 0.6) is 0 Å². The van der Waals surface area contributed by atoms with Crippen molar-refractivity contribution in [3.8, 4) is 0 Å². The average molecular weight is 182 g/mol. The molecule has 0 N–H and O–H groups in total. The summed E-state index contributed by atoms with van der Waals surface area (Å²) in [5.41, 5.74) is 0. The highest BCUT2D eigenvalue weighted by molar-refractivity contribution is 7.15. The lowest BCUT2D eigenvalue weighted by Crippen LogP contribution is -2.04. The van der Waals surface area contributed by atoms with Crippen molar-refractivity contribution in [2.75, 3.05) is 0 Å². The first-order valence-corrected chi connectivity index (χ1v) is 4.56. The van der Waals surface area contributed by atoms with Crippen molar-refractivity contribution in [2.24, 2.45) is 5.92 Å². The summed E-state index contributed by atoms with van der Waals surface area (Å²) in [6.07, 6.45) is 0.766. The summed E-state index contributed by atoms with van der Waals surface area (Å²) < 4.78 is 0. The lowest BCUT2D eigenvalue weighted by Gasteiger charge is -1.98. The molecule has 0 aliphatic rings. The van der Waals surface area contributed by atoms with Gasteiger partial charge in [0.15, 0.2) is 12.1 Å². The Morgan fingerprint density at radius 3 is 2.58 bits per heavy atom. The normalized spacial score (nSPS) is 10.2. The van der Waals surface area contributed by atoms with Crippen LogP contribution in [0.2, 0.25) is 0 Å². The number of rotatable bonds is 3. The second-order valence-electron chi connectivity index (χ2n) is 2.84. The second-order valence-corrected chi connectivity index (χ2v) is 3.95. The lowest BCUT2D eigenvalue weighted by atomic mass is 10.1. The molecule has 1 aromatic heterocycles. The van der Waals surface area contributed by atoms with Crippen molar-refractivity contribution in [1.82, 2.24) is 0 Å². The van der Waals surface area contributed by atoms with Crippen molar-refractivity contribution in [2.45, 2.75) is 13.8 Å². The molecule has 0 fully saturated rings. The number of thiophene rings is 1. The van der Waals surface area contributed by atoms with E-state index in [0.717, 1.165) is 6.29 Å². The first-order chi connectivity index (χ1) is 5.65. The van der Waals surface area contributed by atoms with Crippen molar-refractivity contribution >= 4 is 23.4 Å². The van der Waals surface area contributed by atoms with Crippen LogP contribution >= 0.6 is 11.3 Å². The molecule has 0 aliphatic carbocycles. The first-order valence-electron chi connectivity index (χ1n) is 3.74. The summed E-state index contributed by atoms with van der Waals surface area (Å²) in [4.78, 5) is 23.0. The van der Waals surface area contributed by atoms with E-state index in [1.807, 2.05) is 13.8 Å². The zero-order chi connectivity index (χ0) is 9.14. The third-order valence-corrected chi connectivity index (χ3v) is 2.54. The molecule has 0 amide bonds. The number of hydrogen-bond donors (Lipinski definition) is 0. The minimum atomic E-state index is 0.00292. The Morgan fingerprint density at radius 1 is 1.50 bits per heavy atom. The molecule has 0 atom stereocenters. The van der Waals surface area contributed by atoms with E-state index >= 15 is 0 Å². The Kier molecular flexibility index (Phi) is 2.76. The van der Waals surface area contributed by atoms with Crippen LogP contribution in [0.15, 0.2) is 12.1 Å². The van der Waals surface area contributed by atoms with Crippen LogP contribution in [0.1, 0.15) is 33.2 Å². The van der Waals surface area contributed by atoms with E-state index in [1.165, 1.54) is 11.3 Å². The minimum Gasteiger partial charge on any atom is -0.297 e. The molecule has 1 aromatic rings. The predicted molar refractivity (Wildman–Crippen MR) is 48.9 cm³/mol. The van der Waals surface area contributed by atoms with E-state index < -0.39 is 0 Å². The maximum Gasteiger partial charge on any atom is 0.175 e. The molecule has 2 nitrogen and oxygen atoms in total. The van der Waals surface area contributed by atoms with Gasteiger partial charge in [-0.1, -0.05) is 13.8 Å². The standard InChI is InChI=1S/C9H10O2S/c1-6(2)9(11)8-4-3-7(5-10)12-8/h3-6H,1-2H3. The van der Waals surface area contributed by atoms with Crippen LogP contribution in [-0.4, -0.2) is 12.1 Å². The Labute approximate surface area is 75.2 Å². The average Bonchev–Trinajstić information content (AvgIpc) is 2.50. The zero-order valence-corrected chi connectivity index (χ0v) is 7.85. The van der Waals surface area contributed by atoms with Crippen LogP contribution in [-0.2, 0) is 0 Å². The summed E-state index contributed by atoms with van der Waals surface area (Å²) in [6.45, 7) is 3.70. The number of carbonyl (C=O) groups excluding carboxylic acids is 2. The fourth-order valence-electron chi connectivity index (χ4n) is 0.833. The lowest BCUT2D eigenvalue weighted by molar-refractivity contribution is 0.0943. The van der Waals surface area contributed by atoms with Gasteiger partial charge in [-0.05, 0) is 12.1 Å². The molecule has 0 bridgehead atoms. The monoisotopic (exact) mass is 182 g/mol. The molecule has 0 radical (unpaired) electrons. The van der Waals surface area contributed by atoms with Crippen LogP contribution in [0.25, 0.3) is 0 Å². The minimum absolute atomic E-state index is 0.00292. The van der Waals surface area contributed by atoms with Gasteiger partial charge in [0.2, 0.25) is 0 Å². The molecule has 1 heterocycles. The molecule has 12 heavy (non-hydrogen) atoms. The number of carbonyl (C=O) groups is 2. The topological polar surface area (TPSA) is 34.1 Å². The molecule has 0 aliphatic heterocycles. The van der Waals surface area contributed by atoms with Crippen LogP contribution in [0, 0.1) is 5.92 Å². The molecule has 64 valence electrons. The quantitative estimate of drug-likeness (QED) is 0.531. The van der Waals surface area contributed by atoms with E-state index in [1.54, 1.807) is 12.1 Å². The fraction of sp³-hybridized carbons (Fsp3) is 0.333. The summed E-state index contributed by atoms with van der Waals surface area (Å²) in [6, 6.07) is 3.38. The van der Waals surface area contributed by atoms with Gasteiger partial charge < -0.3 is 0 Å². The van der Waals surface area contributed by atoms with Crippen molar-refractivity contribution in [3.05, 3.63) is 21.9 Å². The molecule has 0 unspecified atom stereocenters. The van der Waals surface area contributed by atoms with Crippen LogP contribution in [0.3, 0.4) is 0 Å². The van der Waals surface area contributed by atoms with E-state index in [0.29, 0.717) is 9.75 Å². The number of ketones is 1. The van der Waals surface area contributed by atoms with Gasteiger partial charge in [-0.15, -0.1) is 11.3 Å². The van der Waals surface area contributed by atoms with Crippen LogP contribution < -0.4 is 0 Å². The van der Waals surface area contributed by atoms with Gasteiger partial charge in [-0.25, -0.2) is 0 Å². The van der Waals surface area contributed by atoms with E-state index in [-0.39, 0.29) is 11.7 Å². The molecule has 1 rings (SSSR count). The van der Waals surface area contributed by atoms with E-state index in [2.05, 4.69) is 0 Å². The maximum atomic E-state index is 11.4. The largest absolute Gasteiger partial charge is 0.297 e. The molecule has 0 aromatic carbocycles. The Bertz CT molecular complexity index is 299. The third-order valence-electron chi connectivity index (χ3n) is 1.51. The Hall–Kier alpha value is -0.960. The van der Waals surface area contributed by atoms with Crippen molar-refractivity contribution in [3.63, 3.8) is 0 Å². The number of Topliss-reactive ketones (excluding diaryl/α,β-unsaturated/α-hetero) is 1. The molecule has 0 spiro atoms. The smallest absolute Gasteiger partial charge is 0.175 e. The second kappa shape index (κ2) is 3.63. The predicted octanol–water partition coefficient (Wildman–Crippen LogP) is 2.40. The van der Waals surface area contributed by atoms with Crippen LogP contribution in [0.4, 0.5) is 0 Å². The van der Waals surface area contributed by atoms with Gasteiger partial charge in [0, 0.05) is 5.92 Å². The Morgan fingerprint density at radius 2 is 2.17 bits per heavy atom. The molecule has 0 saturated heterocycles. The van der Waals surface area contributed by atoms with Gasteiger partial charge in [0.25, 0.3) is 0 Å². The molecular formula is C9H10O2S. The zero-order valence-electron chi connectivity index (χ0n) is 7.03. The fourth-order valence-corrected chi connectivity index (χ4v) is 1.74. The van der Waals surface area contributed by atoms with Gasteiger partial charge in [-0.3, -0.25) is 9.59 Å². The van der Waals surface area contributed by atoms with E-state index in [4.69, 9.17) is 0 Å². The van der Waals surface area contributed by atoms with Gasteiger partial charge >= 0.3 is 0 Å². The maximum absolute atomic E-state index is 11.4. The highest BCUT2D eigenvalue weighted by Crippen LogP contribution is 2.18. The summed E-state index contributed by atoms with van der Waals surface area (Å²) >= 11 is 1.25. The number of aldehydes is 1. The SMILES string of the molecule is CC(C)C(=O)c1ccc(C=O)s1. The van der Waals surface area contributed by atoms with Crippen molar-refractivity contribution < 1.29 is 9.59 Å². The third kappa shape index (κ3) is 1.80. The molecule has 0 saturated carbocycles. The highest BCUT2D eigenvalue weighted by Gasteiger charge is 2.12. The van der Waals surface area contributed by atoms with Gasteiger partial charge in [-0.2, -0.15) is 0 Å². The van der Waals surface area contributed by atoms with Gasteiger partial charge in [0.1, 0.15) is 0 Å². The first kappa shape index (κ1) is 9.13.